The van der Waals surface area contributed by atoms with E-state index in [-0.39, 0.29) is 12.3 Å². The molecule has 0 fully saturated rings. The number of aromatic nitrogens is 3. The standard InChI is InChI=1S/C22H19ClN4O2S/c1-27-13-12-24-22(27)30-16-8-6-15(7-9-16)26-20(28)10-11-21-25-14-19(29-21)17-4-2-3-5-18(17)23/h2-9,12-14H,10-11H2,1H3,(H,26,28). The summed E-state index contributed by atoms with van der Waals surface area (Å²) in [6.07, 6.45) is 5.98. The van der Waals surface area contributed by atoms with Crippen LogP contribution in [0.5, 0.6) is 0 Å². The van der Waals surface area contributed by atoms with Gasteiger partial charge in [-0.05, 0) is 36.4 Å². The second kappa shape index (κ2) is 9.19. The molecule has 0 aliphatic heterocycles. The van der Waals surface area contributed by atoms with E-state index in [1.807, 2.05) is 60.3 Å². The maximum Gasteiger partial charge on any atom is 0.224 e. The van der Waals surface area contributed by atoms with Crippen LogP contribution in [0.1, 0.15) is 12.3 Å². The van der Waals surface area contributed by atoms with Gasteiger partial charge in [-0.2, -0.15) is 0 Å². The molecular formula is C22H19ClN4O2S. The highest BCUT2D eigenvalue weighted by Crippen LogP contribution is 2.29. The molecule has 30 heavy (non-hydrogen) atoms. The number of hydrogen-bond acceptors (Lipinski definition) is 5. The Bertz CT molecular complexity index is 1150. The van der Waals surface area contributed by atoms with Crippen LogP contribution in [0.4, 0.5) is 5.69 Å². The van der Waals surface area contributed by atoms with E-state index in [0.29, 0.717) is 23.1 Å². The van der Waals surface area contributed by atoms with Gasteiger partial charge in [0.2, 0.25) is 5.91 Å². The summed E-state index contributed by atoms with van der Waals surface area (Å²) in [5, 5.41) is 4.41. The van der Waals surface area contributed by atoms with Crippen molar-refractivity contribution in [2.24, 2.45) is 7.05 Å². The molecule has 0 saturated carbocycles. The van der Waals surface area contributed by atoms with E-state index in [1.54, 1.807) is 30.2 Å². The maximum atomic E-state index is 12.3. The van der Waals surface area contributed by atoms with Crippen molar-refractivity contribution in [2.45, 2.75) is 22.9 Å². The van der Waals surface area contributed by atoms with Crippen molar-refractivity contribution < 1.29 is 9.21 Å². The number of rotatable bonds is 7. The Morgan fingerprint density at radius 1 is 1.17 bits per heavy atom. The summed E-state index contributed by atoms with van der Waals surface area (Å²) in [4.78, 5) is 21.9. The highest BCUT2D eigenvalue weighted by molar-refractivity contribution is 7.99. The molecule has 0 unspecified atom stereocenters. The molecule has 2 heterocycles. The molecule has 0 spiro atoms. The highest BCUT2D eigenvalue weighted by Gasteiger charge is 2.11. The first kappa shape index (κ1) is 20.3. The van der Waals surface area contributed by atoms with Gasteiger partial charge in [0.05, 0.1) is 11.2 Å². The molecule has 6 nitrogen and oxygen atoms in total. The maximum absolute atomic E-state index is 12.3. The normalized spacial score (nSPS) is 10.9. The SMILES string of the molecule is Cn1ccnc1Sc1ccc(NC(=O)CCc2ncc(-c3ccccc3Cl)o2)cc1. The summed E-state index contributed by atoms with van der Waals surface area (Å²) >= 11 is 7.75. The fourth-order valence-corrected chi connectivity index (χ4v) is 3.85. The molecule has 2 aromatic carbocycles. The monoisotopic (exact) mass is 438 g/mol. The van der Waals surface area contributed by atoms with Crippen molar-refractivity contribution in [3.8, 4) is 11.3 Å². The van der Waals surface area contributed by atoms with E-state index in [4.69, 9.17) is 16.0 Å². The zero-order chi connectivity index (χ0) is 20.9. The zero-order valence-corrected chi connectivity index (χ0v) is 17.8. The summed E-state index contributed by atoms with van der Waals surface area (Å²) in [7, 11) is 1.95. The summed E-state index contributed by atoms with van der Waals surface area (Å²) in [5.41, 5.74) is 1.53. The molecule has 0 radical (unpaired) electrons. The predicted octanol–water partition coefficient (Wildman–Crippen LogP) is 5.45. The smallest absolute Gasteiger partial charge is 0.224 e. The third kappa shape index (κ3) is 4.93. The number of carbonyl (C=O) groups is 1. The van der Waals surface area contributed by atoms with Crippen molar-refractivity contribution in [1.29, 1.82) is 0 Å². The summed E-state index contributed by atoms with van der Waals surface area (Å²) in [6, 6.07) is 15.1. The van der Waals surface area contributed by atoms with Crippen LogP contribution in [0.3, 0.4) is 0 Å². The van der Waals surface area contributed by atoms with E-state index in [2.05, 4.69) is 15.3 Å². The van der Waals surface area contributed by atoms with Crippen LogP contribution in [0, 0.1) is 0 Å². The van der Waals surface area contributed by atoms with Gasteiger partial charge >= 0.3 is 0 Å². The van der Waals surface area contributed by atoms with Crippen molar-refractivity contribution in [3.63, 3.8) is 0 Å². The van der Waals surface area contributed by atoms with Crippen LogP contribution in [-0.2, 0) is 18.3 Å². The molecule has 0 saturated heterocycles. The Morgan fingerprint density at radius 3 is 2.70 bits per heavy atom. The molecule has 0 bridgehead atoms. The Labute approximate surface area is 183 Å². The first-order valence-electron chi connectivity index (χ1n) is 9.33. The van der Waals surface area contributed by atoms with Gasteiger partial charge in [-0.15, -0.1) is 0 Å². The number of nitrogens with one attached hydrogen (secondary N) is 1. The number of aryl methyl sites for hydroxylation is 2. The number of amides is 1. The van der Waals surface area contributed by atoms with Gasteiger partial charge in [-0.3, -0.25) is 4.79 Å². The summed E-state index contributed by atoms with van der Waals surface area (Å²) in [5.74, 6) is 0.996. The third-order valence-electron chi connectivity index (χ3n) is 4.38. The molecule has 8 heteroatoms. The van der Waals surface area contributed by atoms with E-state index in [1.165, 1.54) is 0 Å². The number of hydrogen-bond donors (Lipinski definition) is 1. The van der Waals surface area contributed by atoms with Gasteiger partial charge in [0.25, 0.3) is 0 Å². The Kier molecular flexibility index (Phi) is 6.21. The summed E-state index contributed by atoms with van der Waals surface area (Å²) < 4.78 is 7.70. The molecule has 0 aliphatic carbocycles. The zero-order valence-electron chi connectivity index (χ0n) is 16.2. The van der Waals surface area contributed by atoms with Crippen molar-refractivity contribution >= 4 is 35.0 Å². The van der Waals surface area contributed by atoms with E-state index in [0.717, 1.165) is 21.3 Å². The molecule has 1 amide bonds. The molecule has 0 aliphatic rings. The largest absolute Gasteiger partial charge is 0.441 e. The van der Waals surface area contributed by atoms with E-state index in [9.17, 15) is 4.79 Å². The number of carbonyl (C=O) groups excluding carboxylic acids is 1. The van der Waals surface area contributed by atoms with Crippen molar-refractivity contribution in [2.75, 3.05) is 5.32 Å². The van der Waals surface area contributed by atoms with Gasteiger partial charge in [0.1, 0.15) is 0 Å². The van der Waals surface area contributed by atoms with Crippen molar-refractivity contribution in [1.82, 2.24) is 14.5 Å². The van der Waals surface area contributed by atoms with Crippen LogP contribution >= 0.6 is 23.4 Å². The van der Waals surface area contributed by atoms with Crippen LogP contribution in [0.2, 0.25) is 5.02 Å². The van der Waals surface area contributed by atoms with E-state index >= 15 is 0 Å². The molecular weight excluding hydrogens is 420 g/mol. The first-order chi connectivity index (χ1) is 14.6. The number of anilines is 1. The molecule has 152 valence electrons. The highest BCUT2D eigenvalue weighted by atomic mass is 35.5. The number of halogens is 1. The Balaban J connectivity index is 1.30. The van der Waals surface area contributed by atoms with Gasteiger partial charge < -0.3 is 14.3 Å². The van der Waals surface area contributed by atoms with E-state index < -0.39 is 0 Å². The lowest BCUT2D eigenvalue weighted by Crippen LogP contribution is -2.12. The third-order valence-corrected chi connectivity index (χ3v) is 5.80. The Morgan fingerprint density at radius 2 is 1.97 bits per heavy atom. The van der Waals surface area contributed by atoms with Gasteiger partial charge in [0.15, 0.2) is 16.8 Å². The minimum atomic E-state index is -0.100. The fraction of sp³-hybridized carbons (Fsp3) is 0.136. The average molecular weight is 439 g/mol. The first-order valence-corrected chi connectivity index (χ1v) is 10.5. The lowest BCUT2D eigenvalue weighted by atomic mass is 10.2. The minimum absolute atomic E-state index is 0.100. The molecule has 2 aromatic heterocycles. The number of benzene rings is 2. The molecule has 1 N–H and O–H groups in total. The second-order valence-corrected chi connectivity index (χ2v) is 8.04. The van der Waals surface area contributed by atoms with Crippen LogP contribution in [0.25, 0.3) is 11.3 Å². The second-order valence-electron chi connectivity index (χ2n) is 6.59. The number of oxazole rings is 1. The molecule has 4 aromatic rings. The summed E-state index contributed by atoms with van der Waals surface area (Å²) in [6.45, 7) is 0. The lowest BCUT2D eigenvalue weighted by Gasteiger charge is -2.06. The predicted molar refractivity (Wildman–Crippen MR) is 118 cm³/mol. The topological polar surface area (TPSA) is 73.0 Å². The molecule has 4 rings (SSSR count). The Hall–Kier alpha value is -3.03. The van der Waals surface area contributed by atoms with Gasteiger partial charge in [-0.1, -0.05) is 35.5 Å². The minimum Gasteiger partial charge on any atom is -0.441 e. The van der Waals surface area contributed by atoms with Crippen LogP contribution in [0.15, 0.2) is 81.6 Å². The van der Waals surface area contributed by atoms with Gasteiger partial charge in [-0.25, -0.2) is 9.97 Å². The van der Waals surface area contributed by atoms with Gasteiger partial charge in [0, 0.05) is 48.4 Å². The molecule has 0 atom stereocenters. The van der Waals surface area contributed by atoms with Crippen LogP contribution in [-0.4, -0.2) is 20.4 Å². The lowest BCUT2D eigenvalue weighted by molar-refractivity contribution is -0.116. The van der Waals surface area contributed by atoms with Crippen molar-refractivity contribution in [3.05, 3.63) is 78.0 Å². The quantitative estimate of drug-likeness (QED) is 0.415. The fourth-order valence-electron chi connectivity index (χ4n) is 2.82. The number of imidazole rings is 1. The number of nitrogens with zero attached hydrogens (tertiary/aromatic N) is 3. The van der Waals surface area contributed by atoms with Crippen LogP contribution < -0.4 is 5.32 Å². The average Bonchev–Trinajstić information content (AvgIpc) is 3.38.